The van der Waals surface area contributed by atoms with Gasteiger partial charge in [-0.15, -0.1) is 6.58 Å². The molecule has 21 heavy (non-hydrogen) atoms. The molecule has 0 aliphatic rings. The number of para-hydroxylation sites is 2. The predicted molar refractivity (Wildman–Crippen MR) is 91.1 cm³/mol. The van der Waals surface area contributed by atoms with Gasteiger partial charge in [0, 0.05) is 6.42 Å². The quantitative estimate of drug-likeness (QED) is 0.568. The molecule has 1 aromatic rings. The van der Waals surface area contributed by atoms with Crippen LogP contribution in [0.4, 0.5) is 11.4 Å². The Balaban J connectivity index is 2.64. The first-order chi connectivity index (χ1) is 9.65. The first-order valence-corrected chi connectivity index (χ1v) is 7.40. The van der Waals surface area contributed by atoms with Crippen LogP contribution in [0.2, 0.25) is 0 Å². The fourth-order valence-electron chi connectivity index (χ4n) is 3.06. The Morgan fingerprint density at radius 2 is 1.86 bits per heavy atom. The lowest BCUT2D eigenvalue weighted by Crippen LogP contribution is -2.28. The molecule has 3 heteroatoms. The lowest BCUT2D eigenvalue weighted by Gasteiger charge is -2.34. The Labute approximate surface area is 128 Å². The van der Waals surface area contributed by atoms with E-state index in [0.717, 1.165) is 12.8 Å². The van der Waals surface area contributed by atoms with E-state index >= 15 is 0 Å². The molecule has 0 fully saturated rings. The molecule has 0 saturated heterocycles. The largest absolute Gasteiger partial charge is 0.397 e. The number of hydrogen-bond donors (Lipinski definition) is 2. The van der Waals surface area contributed by atoms with Crippen molar-refractivity contribution in [3.05, 3.63) is 36.9 Å². The van der Waals surface area contributed by atoms with Crippen LogP contribution in [0.5, 0.6) is 0 Å². The van der Waals surface area contributed by atoms with Crippen molar-refractivity contribution in [2.24, 2.45) is 10.8 Å². The fraction of sp³-hybridized carbons (Fsp3) is 0.500. The summed E-state index contributed by atoms with van der Waals surface area (Å²) < 4.78 is 0. The van der Waals surface area contributed by atoms with Gasteiger partial charge in [0.1, 0.15) is 0 Å². The molecule has 0 unspecified atom stereocenters. The molecular formula is C18H28N2O. The topological polar surface area (TPSA) is 55.1 Å². The number of carbonyl (C=O) groups is 1. The number of anilines is 2. The summed E-state index contributed by atoms with van der Waals surface area (Å²) in [5, 5.41) is 2.90. The number of allylic oxidation sites excluding steroid dienone is 1. The number of nitrogens with one attached hydrogen (secondary N) is 1. The van der Waals surface area contributed by atoms with E-state index in [9.17, 15) is 4.79 Å². The number of rotatable bonds is 7. The van der Waals surface area contributed by atoms with E-state index in [1.165, 1.54) is 0 Å². The predicted octanol–water partition coefficient (Wildman–Crippen LogP) is 4.62. The van der Waals surface area contributed by atoms with Crippen molar-refractivity contribution in [1.82, 2.24) is 0 Å². The maximum absolute atomic E-state index is 12.2. The molecule has 1 aromatic carbocycles. The zero-order valence-electron chi connectivity index (χ0n) is 13.7. The van der Waals surface area contributed by atoms with Crippen LogP contribution in [0.1, 0.15) is 47.0 Å². The van der Waals surface area contributed by atoms with Crippen LogP contribution in [0.25, 0.3) is 0 Å². The van der Waals surface area contributed by atoms with Crippen LogP contribution in [-0.4, -0.2) is 5.91 Å². The Morgan fingerprint density at radius 1 is 1.24 bits per heavy atom. The molecule has 0 aliphatic heterocycles. The summed E-state index contributed by atoms with van der Waals surface area (Å²) in [5.41, 5.74) is 7.21. The molecule has 0 aliphatic carbocycles. The Bertz CT molecular complexity index is 504. The summed E-state index contributed by atoms with van der Waals surface area (Å²) in [7, 11) is 0. The Morgan fingerprint density at radius 3 is 2.43 bits per heavy atom. The average Bonchev–Trinajstić information content (AvgIpc) is 2.29. The fourth-order valence-corrected chi connectivity index (χ4v) is 3.06. The molecule has 0 spiro atoms. The van der Waals surface area contributed by atoms with Gasteiger partial charge in [-0.2, -0.15) is 0 Å². The van der Waals surface area contributed by atoms with Gasteiger partial charge in [0.05, 0.1) is 11.4 Å². The highest BCUT2D eigenvalue weighted by molar-refractivity contribution is 5.94. The minimum atomic E-state index is -0.0693. The lowest BCUT2D eigenvalue weighted by molar-refractivity contribution is -0.118. The molecule has 3 nitrogen and oxygen atoms in total. The van der Waals surface area contributed by atoms with Crippen LogP contribution in [0, 0.1) is 10.8 Å². The summed E-state index contributed by atoms with van der Waals surface area (Å²) in [6.07, 6.45) is 4.33. The van der Waals surface area contributed by atoms with Gasteiger partial charge in [-0.3, -0.25) is 4.79 Å². The van der Waals surface area contributed by atoms with E-state index in [2.05, 4.69) is 39.6 Å². The summed E-state index contributed by atoms with van der Waals surface area (Å²) in [4.78, 5) is 12.2. The Hall–Kier alpha value is -1.77. The zero-order valence-corrected chi connectivity index (χ0v) is 13.7. The minimum Gasteiger partial charge on any atom is -0.397 e. The van der Waals surface area contributed by atoms with Crippen LogP contribution in [0.3, 0.4) is 0 Å². The Kier molecular flexibility index (Phi) is 5.59. The second-order valence-corrected chi connectivity index (χ2v) is 7.31. The summed E-state index contributed by atoms with van der Waals surface area (Å²) >= 11 is 0. The minimum absolute atomic E-state index is 0.00676. The van der Waals surface area contributed by atoms with Gasteiger partial charge in [0.25, 0.3) is 0 Å². The maximum Gasteiger partial charge on any atom is 0.224 e. The number of nitrogens with two attached hydrogens (primary N) is 1. The van der Waals surface area contributed by atoms with Crippen molar-refractivity contribution in [3.63, 3.8) is 0 Å². The highest BCUT2D eigenvalue weighted by Gasteiger charge is 2.30. The van der Waals surface area contributed by atoms with E-state index in [1.54, 1.807) is 6.07 Å². The molecular weight excluding hydrogens is 260 g/mol. The molecule has 0 atom stereocenters. The van der Waals surface area contributed by atoms with Crippen molar-refractivity contribution < 1.29 is 4.79 Å². The number of carbonyl (C=O) groups excluding carboxylic acids is 1. The van der Waals surface area contributed by atoms with Crippen molar-refractivity contribution in [2.75, 3.05) is 11.1 Å². The highest BCUT2D eigenvalue weighted by Crippen LogP contribution is 2.38. The van der Waals surface area contributed by atoms with E-state index in [1.807, 2.05) is 24.3 Å². The first-order valence-electron chi connectivity index (χ1n) is 7.40. The van der Waals surface area contributed by atoms with E-state index in [-0.39, 0.29) is 16.7 Å². The first kappa shape index (κ1) is 17.3. The number of nitrogen functional groups attached to an aromatic ring is 1. The van der Waals surface area contributed by atoms with Crippen LogP contribution >= 0.6 is 0 Å². The van der Waals surface area contributed by atoms with Gasteiger partial charge in [0.15, 0.2) is 0 Å². The molecule has 0 bridgehead atoms. The monoisotopic (exact) mass is 288 g/mol. The maximum atomic E-state index is 12.2. The number of amides is 1. The second kappa shape index (κ2) is 6.79. The molecule has 0 aromatic heterocycles. The second-order valence-electron chi connectivity index (χ2n) is 7.31. The zero-order chi connectivity index (χ0) is 16.1. The van der Waals surface area contributed by atoms with Gasteiger partial charge in [-0.05, 0) is 35.8 Å². The molecule has 3 N–H and O–H groups in total. The third-order valence-electron chi connectivity index (χ3n) is 3.53. The van der Waals surface area contributed by atoms with Crippen LogP contribution in [-0.2, 0) is 4.79 Å². The third kappa shape index (κ3) is 6.03. The van der Waals surface area contributed by atoms with Gasteiger partial charge >= 0.3 is 0 Å². The number of hydrogen-bond acceptors (Lipinski definition) is 2. The van der Waals surface area contributed by atoms with E-state index in [0.29, 0.717) is 17.8 Å². The van der Waals surface area contributed by atoms with Crippen molar-refractivity contribution in [2.45, 2.75) is 47.0 Å². The molecule has 116 valence electrons. The van der Waals surface area contributed by atoms with E-state index < -0.39 is 0 Å². The van der Waals surface area contributed by atoms with Crippen molar-refractivity contribution in [3.8, 4) is 0 Å². The number of benzene rings is 1. The van der Waals surface area contributed by atoms with Gasteiger partial charge in [0.2, 0.25) is 5.91 Å². The van der Waals surface area contributed by atoms with Crippen molar-refractivity contribution in [1.29, 1.82) is 0 Å². The van der Waals surface area contributed by atoms with Crippen LogP contribution < -0.4 is 11.1 Å². The molecule has 0 heterocycles. The SMILES string of the molecule is C=CCC(C)(C)CC(C)(C)CC(=O)Nc1ccccc1N. The summed E-state index contributed by atoms with van der Waals surface area (Å²) in [6, 6.07) is 7.33. The normalized spacial score (nSPS) is 12.0. The smallest absolute Gasteiger partial charge is 0.224 e. The highest BCUT2D eigenvalue weighted by atomic mass is 16.1. The van der Waals surface area contributed by atoms with Gasteiger partial charge in [-0.1, -0.05) is 45.9 Å². The van der Waals surface area contributed by atoms with Crippen LogP contribution in [0.15, 0.2) is 36.9 Å². The molecule has 1 rings (SSSR count). The molecule has 1 amide bonds. The average molecular weight is 288 g/mol. The molecule has 0 saturated carbocycles. The third-order valence-corrected chi connectivity index (χ3v) is 3.53. The summed E-state index contributed by atoms with van der Waals surface area (Å²) in [6.45, 7) is 12.5. The van der Waals surface area contributed by atoms with Gasteiger partial charge in [-0.25, -0.2) is 0 Å². The standard InChI is InChI=1S/C18H28N2O/c1-6-11-17(2,3)13-18(4,5)12-16(21)20-15-10-8-7-9-14(15)19/h6-10H,1,11-13,19H2,2-5H3,(H,20,21). The van der Waals surface area contributed by atoms with E-state index in [4.69, 9.17) is 5.73 Å². The van der Waals surface area contributed by atoms with Gasteiger partial charge < -0.3 is 11.1 Å². The lowest BCUT2D eigenvalue weighted by atomic mass is 9.72. The summed E-state index contributed by atoms with van der Waals surface area (Å²) in [5.74, 6) is 0.00676. The van der Waals surface area contributed by atoms with Crippen molar-refractivity contribution >= 4 is 17.3 Å². The molecule has 0 radical (unpaired) electrons.